The van der Waals surface area contributed by atoms with Crippen molar-refractivity contribution in [2.75, 3.05) is 6.54 Å². The summed E-state index contributed by atoms with van der Waals surface area (Å²) in [5.74, 6) is -0.433. The number of rotatable bonds is 4. The molecule has 0 radical (unpaired) electrons. The number of nitrogens with one attached hydrogen (secondary N) is 1. The fraction of sp³-hybridized carbons (Fsp3) is 0.167. The van der Waals surface area contributed by atoms with Crippen LogP contribution in [0.3, 0.4) is 0 Å². The Hall–Kier alpha value is -1.56. The Balaban J connectivity index is 1.98. The van der Waals surface area contributed by atoms with Crippen molar-refractivity contribution in [2.45, 2.75) is 6.10 Å². The summed E-state index contributed by atoms with van der Waals surface area (Å²) in [6, 6.07) is 6.18. The van der Waals surface area contributed by atoms with Crippen molar-refractivity contribution in [1.29, 1.82) is 0 Å². The van der Waals surface area contributed by atoms with Crippen molar-refractivity contribution in [3.63, 3.8) is 0 Å². The van der Waals surface area contributed by atoms with E-state index in [9.17, 15) is 9.90 Å². The zero-order valence-electron chi connectivity index (χ0n) is 9.64. The van der Waals surface area contributed by atoms with Gasteiger partial charge >= 0.3 is 0 Å². The second-order valence-electron chi connectivity index (χ2n) is 3.78. The number of nitrogens with zero attached hydrogens (tertiary/aromatic N) is 1. The Morgan fingerprint density at radius 1 is 1.42 bits per heavy atom. The van der Waals surface area contributed by atoms with Crippen LogP contribution in [0, 0.1) is 0 Å². The van der Waals surface area contributed by atoms with E-state index < -0.39 is 12.0 Å². The minimum absolute atomic E-state index is 0.00699. The lowest BCUT2D eigenvalue weighted by Gasteiger charge is -2.13. The van der Waals surface area contributed by atoms with Crippen LogP contribution in [0.15, 0.2) is 35.1 Å². The number of halogens is 2. The molecule has 100 valence electrons. The second kappa shape index (κ2) is 6.06. The zero-order valence-corrected chi connectivity index (χ0v) is 11.1. The molecule has 19 heavy (non-hydrogen) atoms. The van der Waals surface area contributed by atoms with E-state index in [0.717, 1.165) is 0 Å². The third kappa shape index (κ3) is 3.47. The van der Waals surface area contributed by atoms with Crippen LogP contribution in [0.25, 0.3) is 0 Å². The number of hydrogen-bond donors (Lipinski definition) is 2. The van der Waals surface area contributed by atoms with E-state index in [0.29, 0.717) is 15.6 Å². The summed E-state index contributed by atoms with van der Waals surface area (Å²) < 4.78 is 4.55. The molecule has 1 atom stereocenters. The van der Waals surface area contributed by atoms with Crippen molar-refractivity contribution in [3.05, 3.63) is 51.8 Å². The fourth-order valence-electron chi connectivity index (χ4n) is 1.49. The molecule has 0 aliphatic rings. The molecule has 0 spiro atoms. The Morgan fingerprint density at radius 2 is 2.21 bits per heavy atom. The Labute approximate surface area is 119 Å². The highest BCUT2D eigenvalue weighted by Gasteiger charge is 2.15. The highest BCUT2D eigenvalue weighted by molar-refractivity contribution is 6.35. The molecule has 1 heterocycles. The lowest BCUT2D eigenvalue weighted by Crippen LogP contribution is -2.28. The first-order chi connectivity index (χ1) is 9.08. The van der Waals surface area contributed by atoms with Gasteiger partial charge in [0.15, 0.2) is 5.69 Å². The first-order valence-corrected chi connectivity index (χ1v) is 6.15. The maximum atomic E-state index is 11.6. The van der Waals surface area contributed by atoms with Gasteiger partial charge in [0.1, 0.15) is 6.26 Å². The van der Waals surface area contributed by atoms with E-state index in [-0.39, 0.29) is 12.2 Å². The van der Waals surface area contributed by atoms with Gasteiger partial charge in [0.05, 0.1) is 6.10 Å². The summed E-state index contributed by atoms with van der Waals surface area (Å²) in [7, 11) is 0. The van der Waals surface area contributed by atoms with Crippen LogP contribution in [0.4, 0.5) is 0 Å². The molecule has 1 unspecified atom stereocenters. The summed E-state index contributed by atoms with van der Waals surface area (Å²) in [5.41, 5.74) is 0.640. The zero-order chi connectivity index (χ0) is 13.8. The molecular formula is C12H10Cl2N2O3. The molecule has 2 N–H and O–H groups in total. The van der Waals surface area contributed by atoms with Crippen LogP contribution in [0.5, 0.6) is 0 Å². The largest absolute Gasteiger partial charge is 0.387 e. The predicted molar refractivity (Wildman–Crippen MR) is 70.3 cm³/mol. The van der Waals surface area contributed by atoms with Gasteiger partial charge in [0.2, 0.25) is 0 Å². The topological polar surface area (TPSA) is 75.4 Å². The number of aromatic nitrogens is 1. The number of aliphatic hydroxyl groups excluding tert-OH is 1. The summed E-state index contributed by atoms with van der Waals surface area (Å²) >= 11 is 11.7. The van der Waals surface area contributed by atoms with Gasteiger partial charge in [-0.1, -0.05) is 34.4 Å². The van der Waals surface area contributed by atoms with E-state index in [1.807, 2.05) is 0 Å². The number of hydrogen-bond acceptors (Lipinski definition) is 4. The fourth-order valence-corrected chi connectivity index (χ4v) is 2.03. The first-order valence-electron chi connectivity index (χ1n) is 5.39. The van der Waals surface area contributed by atoms with E-state index in [1.165, 1.54) is 18.4 Å². The molecule has 0 aliphatic carbocycles. The third-order valence-corrected chi connectivity index (χ3v) is 3.01. The number of benzene rings is 1. The quantitative estimate of drug-likeness (QED) is 0.909. The molecule has 2 aromatic rings. The lowest BCUT2D eigenvalue weighted by molar-refractivity contribution is 0.0907. The van der Waals surface area contributed by atoms with Gasteiger partial charge < -0.3 is 14.9 Å². The third-order valence-electron chi connectivity index (χ3n) is 2.45. The van der Waals surface area contributed by atoms with Gasteiger partial charge in [0.25, 0.3) is 5.91 Å². The first kappa shape index (κ1) is 13.9. The van der Waals surface area contributed by atoms with Crippen LogP contribution in [0.2, 0.25) is 10.0 Å². The number of aliphatic hydroxyl groups is 1. The monoisotopic (exact) mass is 300 g/mol. The molecule has 1 amide bonds. The average molecular weight is 301 g/mol. The molecule has 0 saturated heterocycles. The predicted octanol–water partition coefficient (Wildman–Crippen LogP) is 2.44. The molecular weight excluding hydrogens is 291 g/mol. The van der Waals surface area contributed by atoms with Crippen molar-refractivity contribution < 1.29 is 14.4 Å². The van der Waals surface area contributed by atoms with Gasteiger partial charge in [-0.3, -0.25) is 4.79 Å². The van der Waals surface area contributed by atoms with Crippen LogP contribution in [0.1, 0.15) is 22.2 Å². The van der Waals surface area contributed by atoms with E-state index in [1.54, 1.807) is 12.1 Å². The van der Waals surface area contributed by atoms with E-state index in [4.69, 9.17) is 23.2 Å². The number of amides is 1. The standard InChI is InChI=1S/C12H10Cl2N2O3/c13-7-1-2-8(9(14)5-7)11(17)6-15-12(18)10-3-4-19-16-10/h1-5,11,17H,6H2,(H,15,18). The van der Waals surface area contributed by atoms with Gasteiger partial charge in [-0.25, -0.2) is 0 Å². The maximum Gasteiger partial charge on any atom is 0.273 e. The highest BCUT2D eigenvalue weighted by atomic mass is 35.5. The van der Waals surface area contributed by atoms with E-state index in [2.05, 4.69) is 15.0 Å². The average Bonchev–Trinajstić information content (AvgIpc) is 2.89. The smallest absolute Gasteiger partial charge is 0.273 e. The van der Waals surface area contributed by atoms with Gasteiger partial charge in [0, 0.05) is 28.2 Å². The SMILES string of the molecule is O=C(NCC(O)c1ccc(Cl)cc1Cl)c1ccon1. The van der Waals surface area contributed by atoms with Crippen LogP contribution in [-0.4, -0.2) is 22.7 Å². The Kier molecular flexibility index (Phi) is 4.42. The minimum Gasteiger partial charge on any atom is -0.387 e. The summed E-state index contributed by atoms with van der Waals surface area (Å²) in [4.78, 5) is 11.6. The molecule has 2 rings (SSSR count). The Morgan fingerprint density at radius 3 is 2.84 bits per heavy atom. The lowest BCUT2D eigenvalue weighted by atomic mass is 10.1. The molecule has 0 bridgehead atoms. The van der Waals surface area contributed by atoms with Crippen molar-refractivity contribution in [1.82, 2.24) is 10.5 Å². The normalized spacial score (nSPS) is 12.2. The van der Waals surface area contributed by atoms with Gasteiger partial charge in [-0.05, 0) is 12.1 Å². The van der Waals surface area contributed by atoms with Crippen molar-refractivity contribution >= 4 is 29.1 Å². The van der Waals surface area contributed by atoms with Gasteiger partial charge in [-0.2, -0.15) is 0 Å². The molecule has 5 nitrogen and oxygen atoms in total. The molecule has 0 fully saturated rings. The molecule has 0 aliphatic heterocycles. The molecule has 0 saturated carbocycles. The van der Waals surface area contributed by atoms with Gasteiger partial charge in [-0.15, -0.1) is 0 Å². The summed E-state index contributed by atoms with van der Waals surface area (Å²) in [6.07, 6.45) is 0.363. The van der Waals surface area contributed by atoms with Crippen LogP contribution in [-0.2, 0) is 0 Å². The maximum absolute atomic E-state index is 11.6. The van der Waals surface area contributed by atoms with Crippen molar-refractivity contribution in [2.24, 2.45) is 0 Å². The van der Waals surface area contributed by atoms with E-state index >= 15 is 0 Å². The molecule has 1 aromatic carbocycles. The highest BCUT2D eigenvalue weighted by Crippen LogP contribution is 2.25. The van der Waals surface area contributed by atoms with Crippen LogP contribution < -0.4 is 5.32 Å². The summed E-state index contributed by atoms with van der Waals surface area (Å²) in [5, 5.41) is 16.8. The number of carbonyl (C=O) groups is 1. The number of carbonyl (C=O) groups excluding carboxylic acids is 1. The summed E-state index contributed by atoms with van der Waals surface area (Å²) in [6.45, 7) is 0.00699. The minimum atomic E-state index is -0.930. The Bertz CT molecular complexity index is 572. The van der Waals surface area contributed by atoms with Crippen molar-refractivity contribution in [3.8, 4) is 0 Å². The molecule has 7 heteroatoms. The van der Waals surface area contributed by atoms with Crippen LogP contribution >= 0.6 is 23.2 Å². The second-order valence-corrected chi connectivity index (χ2v) is 4.62. The molecule has 1 aromatic heterocycles.